The molecule has 1 aliphatic carbocycles. The van der Waals surface area contributed by atoms with E-state index in [2.05, 4.69) is 24.0 Å². The molecule has 0 heterocycles. The standard InChI is InChI=1S/C31H46N2O4/c1-2-32(22-23-34)21-11-3-4-12-24-36-30-19-17-29(18-20-30)33(25-27-13-7-5-8-14-27)31(35)37-26-28-15-9-6-10-16-28/h5-10,13-16,29-30,34H,2-4,11-12,17-26H2,1H3/t29-,30-. The molecule has 0 atom stereocenters. The van der Waals surface area contributed by atoms with Gasteiger partial charge in [-0.05, 0) is 62.7 Å². The van der Waals surface area contributed by atoms with Crippen molar-refractivity contribution in [1.82, 2.24) is 9.80 Å². The molecule has 0 aliphatic heterocycles. The quantitative estimate of drug-likeness (QED) is 0.280. The Morgan fingerprint density at radius 2 is 1.51 bits per heavy atom. The summed E-state index contributed by atoms with van der Waals surface area (Å²) < 4.78 is 11.9. The van der Waals surface area contributed by atoms with Crippen LogP contribution in [0.4, 0.5) is 4.79 Å². The van der Waals surface area contributed by atoms with Crippen molar-refractivity contribution in [2.45, 2.75) is 83.6 Å². The Kier molecular flexibility index (Phi) is 13.5. The number of carbonyl (C=O) groups excluding carboxylic acids is 1. The summed E-state index contributed by atoms with van der Waals surface area (Å²) in [4.78, 5) is 17.4. The van der Waals surface area contributed by atoms with Crippen molar-refractivity contribution in [3.63, 3.8) is 0 Å². The summed E-state index contributed by atoms with van der Waals surface area (Å²) in [5.74, 6) is 0. The van der Waals surface area contributed by atoms with Crippen molar-refractivity contribution in [3.05, 3.63) is 71.8 Å². The first kappa shape index (κ1) is 29.2. The minimum absolute atomic E-state index is 0.170. The van der Waals surface area contributed by atoms with E-state index in [-0.39, 0.29) is 24.8 Å². The highest BCUT2D eigenvalue weighted by Gasteiger charge is 2.30. The molecule has 0 aromatic heterocycles. The third-order valence-corrected chi connectivity index (χ3v) is 7.31. The molecule has 204 valence electrons. The second-order valence-electron chi connectivity index (χ2n) is 10.0. The van der Waals surface area contributed by atoms with E-state index in [0.717, 1.165) is 69.5 Å². The Hall–Kier alpha value is -2.41. The fourth-order valence-corrected chi connectivity index (χ4v) is 5.06. The Balaban J connectivity index is 1.39. The average Bonchev–Trinajstić information content (AvgIpc) is 2.95. The minimum Gasteiger partial charge on any atom is -0.445 e. The second-order valence-corrected chi connectivity index (χ2v) is 10.0. The predicted octanol–water partition coefficient (Wildman–Crippen LogP) is 6.03. The number of aliphatic hydroxyl groups excluding tert-OH is 1. The Bertz CT molecular complexity index is 856. The SMILES string of the molecule is CCN(CCO)CCCCCCO[C@H]1CC[C@H](N(Cc2ccccc2)C(=O)OCc2ccccc2)CC1. The first-order chi connectivity index (χ1) is 18.2. The van der Waals surface area contributed by atoms with Crippen LogP contribution in [0.5, 0.6) is 0 Å². The van der Waals surface area contributed by atoms with Gasteiger partial charge in [0.15, 0.2) is 0 Å². The smallest absolute Gasteiger partial charge is 0.410 e. The molecular formula is C31H46N2O4. The number of rotatable bonds is 16. The number of likely N-dealkylation sites (N-methyl/N-ethyl adjacent to an activating group) is 1. The molecule has 1 N–H and O–H groups in total. The summed E-state index contributed by atoms with van der Waals surface area (Å²) in [6, 6.07) is 20.2. The molecule has 0 saturated heterocycles. The second kappa shape index (κ2) is 17.2. The molecule has 1 aliphatic rings. The van der Waals surface area contributed by atoms with Crippen molar-refractivity contribution in [1.29, 1.82) is 0 Å². The molecular weight excluding hydrogens is 464 g/mol. The summed E-state index contributed by atoms with van der Waals surface area (Å²) in [7, 11) is 0. The first-order valence-electron chi connectivity index (χ1n) is 14.2. The number of unbranched alkanes of at least 4 members (excludes halogenated alkanes) is 3. The van der Waals surface area contributed by atoms with E-state index in [9.17, 15) is 4.79 Å². The lowest BCUT2D eigenvalue weighted by Gasteiger charge is -2.36. The number of aliphatic hydroxyl groups is 1. The molecule has 6 heteroatoms. The highest BCUT2D eigenvalue weighted by molar-refractivity contribution is 5.68. The topological polar surface area (TPSA) is 62.2 Å². The van der Waals surface area contributed by atoms with Crippen molar-refractivity contribution >= 4 is 6.09 Å². The van der Waals surface area contributed by atoms with Crippen LogP contribution in [-0.4, -0.2) is 66.0 Å². The molecule has 2 aromatic carbocycles. The lowest BCUT2D eigenvalue weighted by molar-refractivity contribution is 0.00193. The van der Waals surface area contributed by atoms with Gasteiger partial charge in [0.25, 0.3) is 0 Å². The van der Waals surface area contributed by atoms with Crippen LogP contribution in [0.15, 0.2) is 60.7 Å². The minimum atomic E-state index is -0.238. The molecule has 2 aromatic rings. The lowest BCUT2D eigenvalue weighted by atomic mass is 9.91. The summed E-state index contributed by atoms with van der Waals surface area (Å²) >= 11 is 0. The van der Waals surface area contributed by atoms with Gasteiger partial charge in [-0.1, -0.05) is 80.4 Å². The molecule has 37 heavy (non-hydrogen) atoms. The van der Waals surface area contributed by atoms with E-state index in [1.54, 1.807) is 0 Å². The van der Waals surface area contributed by atoms with Crippen LogP contribution in [0.1, 0.15) is 69.4 Å². The molecule has 0 unspecified atom stereocenters. The summed E-state index contributed by atoms with van der Waals surface area (Å²) in [5, 5.41) is 9.09. The molecule has 1 amide bonds. The van der Waals surface area contributed by atoms with Crippen LogP contribution in [0.25, 0.3) is 0 Å². The number of nitrogens with zero attached hydrogens (tertiary/aromatic N) is 2. The van der Waals surface area contributed by atoms with E-state index in [1.165, 1.54) is 19.3 Å². The van der Waals surface area contributed by atoms with Gasteiger partial charge in [0.05, 0.1) is 12.7 Å². The van der Waals surface area contributed by atoms with Gasteiger partial charge in [-0.2, -0.15) is 0 Å². The molecule has 0 radical (unpaired) electrons. The van der Waals surface area contributed by atoms with Crippen LogP contribution < -0.4 is 0 Å². The van der Waals surface area contributed by atoms with Crippen LogP contribution >= 0.6 is 0 Å². The molecule has 0 spiro atoms. The summed E-state index contributed by atoms with van der Waals surface area (Å²) in [6.45, 7) is 6.90. The van der Waals surface area contributed by atoms with Crippen molar-refractivity contribution in [2.75, 3.05) is 32.8 Å². The zero-order chi connectivity index (χ0) is 26.1. The lowest BCUT2D eigenvalue weighted by Crippen LogP contribution is -2.43. The Labute approximate surface area is 223 Å². The highest BCUT2D eigenvalue weighted by atomic mass is 16.6. The van der Waals surface area contributed by atoms with Gasteiger partial charge in [0.1, 0.15) is 6.61 Å². The van der Waals surface area contributed by atoms with E-state index in [4.69, 9.17) is 14.6 Å². The van der Waals surface area contributed by atoms with Gasteiger partial charge < -0.3 is 24.4 Å². The van der Waals surface area contributed by atoms with Crippen LogP contribution in [-0.2, 0) is 22.6 Å². The van der Waals surface area contributed by atoms with E-state index in [1.807, 2.05) is 53.4 Å². The van der Waals surface area contributed by atoms with Gasteiger partial charge in [-0.25, -0.2) is 4.79 Å². The largest absolute Gasteiger partial charge is 0.445 e. The Morgan fingerprint density at radius 1 is 0.865 bits per heavy atom. The predicted molar refractivity (Wildman–Crippen MR) is 148 cm³/mol. The summed E-state index contributed by atoms with van der Waals surface area (Å²) in [6.07, 6.45) is 8.55. The number of amides is 1. The van der Waals surface area contributed by atoms with Gasteiger partial charge in [-0.15, -0.1) is 0 Å². The Morgan fingerprint density at radius 3 is 2.16 bits per heavy atom. The van der Waals surface area contributed by atoms with Gasteiger partial charge in [0, 0.05) is 25.7 Å². The van der Waals surface area contributed by atoms with Gasteiger partial charge in [-0.3, -0.25) is 0 Å². The monoisotopic (exact) mass is 510 g/mol. The zero-order valence-electron chi connectivity index (χ0n) is 22.6. The van der Waals surface area contributed by atoms with E-state index < -0.39 is 0 Å². The molecule has 0 bridgehead atoms. The maximum absolute atomic E-state index is 13.2. The average molecular weight is 511 g/mol. The van der Waals surface area contributed by atoms with Crippen LogP contribution in [0, 0.1) is 0 Å². The van der Waals surface area contributed by atoms with E-state index in [0.29, 0.717) is 13.2 Å². The fraction of sp³-hybridized carbons (Fsp3) is 0.581. The highest BCUT2D eigenvalue weighted by Crippen LogP contribution is 2.27. The molecule has 1 fully saturated rings. The molecule has 1 saturated carbocycles. The van der Waals surface area contributed by atoms with Crippen LogP contribution in [0.2, 0.25) is 0 Å². The number of ether oxygens (including phenoxy) is 2. The van der Waals surface area contributed by atoms with Crippen molar-refractivity contribution < 1.29 is 19.4 Å². The zero-order valence-corrected chi connectivity index (χ0v) is 22.6. The third-order valence-electron chi connectivity index (χ3n) is 7.31. The first-order valence-corrected chi connectivity index (χ1v) is 14.2. The van der Waals surface area contributed by atoms with Crippen LogP contribution in [0.3, 0.4) is 0 Å². The maximum atomic E-state index is 13.2. The maximum Gasteiger partial charge on any atom is 0.410 e. The van der Waals surface area contributed by atoms with E-state index >= 15 is 0 Å². The number of benzene rings is 2. The molecule has 6 nitrogen and oxygen atoms in total. The fourth-order valence-electron chi connectivity index (χ4n) is 5.06. The van der Waals surface area contributed by atoms with Gasteiger partial charge >= 0.3 is 6.09 Å². The third kappa shape index (κ3) is 10.8. The number of hydrogen-bond acceptors (Lipinski definition) is 5. The normalized spacial score (nSPS) is 17.6. The van der Waals surface area contributed by atoms with Crippen molar-refractivity contribution in [2.24, 2.45) is 0 Å². The number of carbonyl (C=O) groups is 1. The number of hydrogen-bond donors (Lipinski definition) is 1. The van der Waals surface area contributed by atoms with Gasteiger partial charge in [0.2, 0.25) is 0 Å². The van der Waals surface area contributed by atoms with Crippen molar-refractivity contribution in [3.8, 4) is 0 Å². The summed E-state index contributed by atoms with van der Waals surface area (Å²) in [5.41, 5.74) is 2.12. The molecule has 3 rings (SSSR count).